The monoisotopic (exact) mass is 373 g/mol. The first kappa shape index (κ1) is 18.0. The summed E-state index contributed by atoms with van der Waals surface area (Å²) in [6, 6.07) is 0.216. The molecule has 0 radical (unpaired) electrons. The van der Waals surface area contributed by atoms with Crippen molar-refractivity contribution in [1.29, 1.82) is 0 Å². The smallest absolute Gasteiger partial charge is 0.293 e. The number of alkyl halides is 1. The van der Waals surface area contributed by atoms with E-state index >= 15 is 0 Å². The van der Waals surface area contributed by atoms with E-state index in [1.807, 2.05) is 6.92 Å². The summed E-state index contributed by atoms with van der Waals surface area (Å²) in [5.74, 6) is 0.875. The van der Waals surface area contributed by atoms with Crippen LogP contribution < -0.4 is 10.5 Å². The predicted molar refractivity (Wildman–Crippen MR) is 97.4 cm³/mol. The number of anilines is 1. The van der Waals surface area contributed by atoms with Gasteiger partial charge in [-0.2, -0.15) is 0 Å². The number of hydrogen-bond donors (Lipinski definition) is 0. The van der Waals surface area contributed by atoms with Crippen molar-refractivity contribution in [3.63, 3.8) is 0 Å². The molecular formula is C17H25Cl2N3O2. The molecule has 0 bridgehead atoms. The van der Waals surface area contributed by atoms with E-state index in [0.29, 0.717) is 16.9 Å². The third-order valence-corrected chi connectivity index (χ3v) is 6.18. The summed E-state index contributed by atoms with van der Waals surface area (Å²) in [6.07, 6.45) is 5.49. The van der Waals surface area contributed by atoms with E-state index in [-0.39, 0.29) is 29.1 Å². The largest absolute Gasteiger partial charge is 0.381 e. The standard InChI is InChI=1S/C17H25Cl2N3O2/c1-4-10(2)22-9-14(19)20-16(17(22)23)21-6-5-11-7-12(24-3)8-13(18)15(11)21/h9-13,15H,4-8H2,1-3H3/t10?,11?,12?,13-,15?/m1/s1. The molecule has 1 aliphatic heterocycles. The predicted octanol–water partition coefficient (Wildman–Crippen LogP) is 3.48. The molecule has 2 fully saturated rings. The van der Waals surface area contributed by atoms with Crippen LogP contribution in [0.4, 0.5) is 5.82 Å². The van der Waals surface area contributed by atoms with E-state index in [1.54, 1.807) is 17.9 Å². The molecule has 0 aromatic carbocycles. The number of methoxy groups -OCH3 is 1. The molecule has 1 aliphatic carbocycles. The fraction of sp³-hybridized carbons (Fsp3) is 0.765. The molecule has 1 saturated heterocycles. The van der Waals surface area contributed by atoms with Gasteiger partial charge in [0.25, 0.3) is 5.56 Å². The highest BCUT2D eigenvalue weighted by atomic mass is 35.5. The minimum Gasteiger partial charge on any atom is -0.381 e. The Bertz CT molecular complexity index is 651. The van der Waals surface area contributed by atoms with Gasteiger partial charge in [0.2, 0.25) is 0 Å². The molecule has 24 heavy (non-hydrogen) atoms. The van der Waals surface area contributed by atoms with Gasteiger partial charge in [0, 0.05) is 25.9 Å². The number of nitrogens with zero attached hydrogens (tertiary/aromatic N) is 3. The topological polar surface area (TPSA) is 47.4 Å². The van der Waals surface area contributed by atoms with E-state index in [0.717, 1.165) is 32.2 Å². The first-order valence-corrected chi connectivity index (χ1v) is 9.49. The summed E-state index contributed by atoms with van der Waals surface area (Å²) in [7, 11) is 1.74. The van der Waals surface area contributed by atoms with Crippen LogP contribution >= 0.6 is 23.2 Å². The second-order valence-corrected chi connectivity index (χ2v) is 7.88. The van der Waals surface area contributed by atoms with Gasteiger partial charge in [-0.25, -0.2) is 4.98 Å². The van der Waals surface area contributed by atoms with E-state index in [2.05, 4.69) is 16.8 Å². The van der Waals surface area contributed by atoms with Gasteiger partial charge in [0.05, 0.1) is 17.5 Å². The lowest BCUT2D eigenvalue weighted by atomic mass is 9.83. The van der Waals surface area contributed by atoms with Gasteiger partial charge >= 0.3 is 0 Å². The number of aromatic nitrogens is 2. The highest BCUT2D eigenvalue weighted by Crippen LogP contribution is 2.41. The Balaban J connectivity index is 1.95. The van der Waals surface area contributed by atoms with Crippen molar-refractivity contribution < 1.29 is 4.74 Å². The Morgan fingerprint density at radius 1 is 1.46 bits per heavy atom. The molecule has 0 spiro atoms. The van der Waals surface area contributed by atoms with E-state index < -0.39 is 0 Å². The number of ether oxygens (including phenoxy) is 1. The minimum atomic E-state index is -0.0767. The molecule has 0 N–H and O–H groups in total. The molecule has 5 atom stereocenters. The van der Waals surface area contributed by atoms with E-state index in [1.165, 1.54) is 0 Å². The van der Waals surface area contributed by atoms with Crippen molar-refractivity contribution in [2.75, 3.05) is 18.6 Å². The lowest BCUT2D eigenvalue weighted by Gasteiger charge is -2.39. The molecule has 5 nitrogen and oxygen atoms in total. The third kappa shape index (κ3) is 3.18. The molecule has 2 heterocycles. The molecule has 0 amide bonds. The summed E-state index contributed by atoms with van der Waals surface area (Å²) in [6.45, 7) is 4.86. The highest BCUT2D eigenvalue weighted by molar-refractivity contribution is 6.29. The normalized spacial score (nSPS) is 31.1. The fourth-order valence-corrected chi connectivity index (χ4v) is 4.79. The van der Waals surface area contributed by atoms with Crippen LogP contribution in [0.15, 0.2) is 11.0 Å². The fourth-order valence-electron chi connectivity index (χ4n) is 4.07. The second-order valence-electron chi connectivity index (χ2n) is 6.93. The summed E-state index contributed by atoms with van der Waals surface area (Å²) < 4.78 is 7.21. The van der Waals surface area contributed by atoms with Gasteiger partial charge in [-0.3, -0.25) is 4.79 Å². The van der Waals surface area contributed by atoms with Gasteiger partial charge in [0.1, 0.15) is 5.15 Å². The van der Waals surface area contributed by atoms with Crippen LogP contribution in [-0.2, 0) is 4.74 Å². The maximum Gasteiger partial charge on any atom is 0.293 e. The molecule has 134 valence electrons. The summed E-state index contributed by atoms with van der Waals surface area (Å²) in [5.41, 5.74) is -0.0767. The Morgan fingerprint density at radius 3 is 2.88 bits per heavy atom. The maximum atomic E-state index is 12.9. The van der Waals surface area contributed by atoms with E-state index in [4.69, 9.17) is 27.9 Å². The summed E-state index contributed by atoms with van der Waals surface area (Å²) in [5, 5.41) is 0.304. The van der Waals surface area contributed by atoms with Crippen molar-refractivity contribution in [2.24, 2.45) is 5.92 Å². The number of halogens is 2. The first-order valence-electron chi connectivity index (χ1n) is 8.68. The molecule has 3 rings (SSSR count). The van der Waals surface area contributed by atoms with Crippen LogP contribution in [-0.4, -0.2) is 40.7 Å². The summed E-state index contributed by atoms with van der Waals surface area (Å²) in [4.78, 5) is 19.4. The SMILES string of the molecule is CCC(C)n1cc(Cl)nc(N2CCC3CC(OC)C[C@@H](Cl)C32)c1=O. The molecule has 1 saturated carbocycles. The Kier molecular flexibility index (Phi) is 5.42. The Hall–Kier alpha value is -0.780. The zero-order valence-corrected chi connectivity index (χ0v) is 15.9. The zero-order chi connectivity index (χ0) is 17.4. The molecule has 1 aromatic rings. The van der Waals surface area contributed by atoms with Crippen molar-refractivity contribution in [3.8, 4) is 0 Å². The first-order chi connectivity index (χ1) is 11.5. The van der Waals surface area contributed by atoms with Crippen LogP contribution in [0.2, 0.25) is 5.15 Å². The second kappa shape index (κ2) is 7.22. The van der Waals surface area contributed by atoms with Crippen LogP contribution in [0, 0.1) is 5.92 Å². The number of fused-ring (bicyclic) bond motifs is 1. The van der Waals surface area contributed by atoms with Crippen molar-refractivity contribution in [2.45, 2.75) is 63.1 Å². The van der Waals surface area contributed by atoms with Gasteiger partial charge < -0.3 is 14.2 Å². The van der Waals surface area contributed by atoms with Gasteiger partial charge in [0.15, 0.2) is 5.82 Å². The van der Waals surface area contributed by atoms with Crippen LogP contribution in [0.3, 0.4) is 0 Å². The quantitative estimate of drug-likeness (QED) is 0.757. The molecule has 4 unspecified atom stereocenters. The number of rotatable bonds is 4. The average molecular weight is 374 g/mol. The molecule has 1 aromatic heterocycles. The third-order valence-electron chi connectivity index (χ3n) is 5.56. The zero-order valence-electron chi connectivity index (χ0n) is 14.4. The van der Waals surface area contributed by atoms with E-state index in [9.17, 15) is 4.79 Å². The van der Waals surface area contributed by atoms with Gasteiger partial charge in [-0.05, 0) is 38.5 Å². The molecule has 2 aliphatic rings. The lowest BCUT2D eigenvalue weighted by molar-refractivity contribution is 0.0506. The molecule has 7 heteroatoms. The summed E-state index contributed by atoms with van der Waals surface area (Å²) >= 11 is 12.9. The maximum absolute atomic E-state index is 12.9. The highest BCUT2D eigenvalue weighted by Gasteiger charge is 2.45. The number of hydrogen-bond acceptors (Lipinski definition) is 4. The average Bonchev–Trinajstić information content (AvgIpc) is 3.00. The van der Waals surface area contributed by atoms with Crippen molar-refractivity contribution in [1.82, 2.24) is 9.55 Å². The van der Waals surface area contributed by atoms with Gasteiger partial charge in [-0.15, -0.1) is 11.6 Å². The lowest BCUT2D eigenvalue weighted by Crippen LogP contribution is -2.48. The van der Waals surface area contributed by atoms with Gasteiger partial charge in [-0.1, -0.05) is 18.5 Å². The minimum absolute atomic E-state index is 0.0477. The molecular weight excluding hydrogens is 349 g/mol. The Morgan fingerprint density at radius 2 is 2.21 bits per heavy atom. The van der Waals surface area contributed by atoms with Crippen LogP contribution in [0.25, 0.3) is 0 Å². The van der Waals surface area contributed by atoms with Crippen LogP contribution in [0.1, 0.15) is 45.6 Å². The van der Waals surface area contributed by atoms with Crippen molar-refractivity contribution in [3.05, 3.63) is 21.7 Å². The van der Waals surface area contributed by atoms with Crippen molar-refractivity contribution >= 4 is 29.0 Å². The Labute approximate surface area is 152 Å². The van der Waals surface area contributed by atoms with Crippen LogP contribution in [0.5, 0.6) is 0 Å².